The molecular formula is C15H22BrNO2. The molecule has 0 fully saturated rings. The van der Waals surface area contributed by atoms with Gasteiger partial charge in [-0.3, -0.25) is 0 Å². The summed E-state index contributed by atoms with van der Waals surface area (Å²) in [4.78, 5) is 0. The minimum absolute atomic E-state index is 0.264. The minimum atomic E-state index is 0.264. The summed E-state index contributed by atoms with van der Waals surface area (Å²) < 4.78 is 12.3. The maximum absolute atomic E-state index is 5.67. The number of rotatable bonds is 3. The Labute approximate surface area is 123 Å². The maximum Gasteiger partial charge on any atom is 0.162 e. The van der Waals surface area contributed by atoms with E-state index < -0.39 is 0 Å². The minimum Gasteiger partial charge on any atom is -0.486 e. The molecule has 1 aliphatic heterocycles. The van der Waals surface area contributed by atoms with Gasteiger partial charge in [0.15, 0.2) is 11.5 Å². The molecule has 4 heteroatoms. The highest BCUT2D eigenvalue weighted by molar-refractivity contribution is 9.10. The van der Waals surface area contributed by atoms with E-state index in [-0.39, 0.29) is 5.41 Å². The zero-order chi connectivity index (χ0) is 14.0. The van der Waals surface area contributed by atoms with E-state index in [1.54, 1.807) is 0 Å². The van der Waals surface area contributed by atoms with E-state index in [4.69, 9.17) is 9.47 Å². The molecule has 19 heavy (non-hydrogen) atoms. The highest BCUT2D eigenvalue weighted by atomic mass is 79.9. The number of hydrogen-bond acceptors (Lipinski definition) is 3. The summed E-state index contributed by atoms with van der Waals surface area (Å²) in [6.07, 6.45) is 1.06. The van der Waals surface area contributed by atoms with Crippen LogP contribution in [0.15, 0.2) is 16.6 Å². The summed E-state index contributed by atoms with van der Waals surface area (Å²) in [5, 5.41) is 3.40. The van der Waals surface area contributed by atoms with Crippen molar-refractivity contribution >= 4 is 15.9 Å². The van der Waals surface area contributed by atoms with Crippen molar-refractivity contribution in [1.82, 2.24) is 5.32 Å². The Bertz CT molecular complexity index is 454. The Hall–Kier alpha value is -0.740. The van der Waals surface area contributed by atoms with E-state index in [0.717, 1.165) is 22.4 Å². The lowest BCUT2D eigenvalue weighted by atomic mass is 9.85. The van der Waals surface area contributed by atoms with E-state index in [2.05, 4.69) is 48.1 Å². The number of nitrogens with one attached hydrogen (secondary N) is 1. The third-order valence-corrected chi connectivity index (χ3v) is 3.89. The van der Waals surface area contributed by atoms with Gasteiger partial charge in [0.2, 0.25) is 0 Å². The van der Waals surface area contributed by atoms with Crippen LogP contribution in [0.1, 0.15) is 38.8 Å². The molecule has 0 bridgehead atoms. The van der Waals surface area contributed by atoms with Crippen LogP contribution in [-0.2, 0) is 0 Å². The van der Waals surface area contributed by atoms with Crippen LogP contribution >= 0.6 is 15.9 Å². The number of hydrogen-bond donors (Lipinski definition) is 1. The molecule has 0 aliphatic carbocycles. The second-order valence-corrected chi connectivity index (χ2v) is 6.98. The van der Waals surface area contributed by atoms with Crippen LogP contribution in [0.2, 0.25) is 0 Å². The van der Waals surface area contributed by atoms with Crippen molar-refractivity contribution in [3.8, 4) is 11.5 Å². The van der Waals surface area contributed by atoms with Crippen LogP contribution in [0.25, 0.3) is 0 Å². The van der Waals surface area contributed by atoms with Gasteiger partial charge in [-0.15, -0.1) is 0 Å². The van der Waals surface area contributed by atoms with Crippen LogP contribution in [0.3, 0.4) is 0 Å². The van der Waals surface area contributed by atoms with Gasteiger partial charge >= 0.3 is 0 Å². The first-order chi connectivity index (χ1) is 8.90. The third-order valence-electron chi connectivity index (χ3n) is 3.20. The highest BCUT2D eigenvalue weighted by Crippen LogP contribution is 2.40. The molecule has 106 valence electrons. The lowest BCUT2D eigenvalue weighted by Gasteiger charge is -2.28. The molecule has 1 unspecified atom stereocenters. The topological polar surface area (TPSA) is 30.5 Å². The summed E-state index contributed by atoms with van der Waals surface area (Å²) >= 11 is 3.65. The molecule has 0 saturated carbocycles. The van der Waals surface area contributed by atoms with Gasteiger partial charge in [-0.05, 0) is 36.6 Å². The van der Waals surface area contributed by atoms with Gasteiger partial charge in [-0.2, -0.15) is 0 Å². The molecular weight excluding hydrogens is 306 g/mol. The molecule has 1 aliphatic rings. The molecule has 1 aromatic rings. The summed E-state index contributed by atoms with van der Waals surface area (Å²) in [5.74, 6) is 1.67. The van der Waals surface area contributed by atoms with Crippen molar-refractivity contribution in [1.29, 1.82) is 0 Å². The van der Waals surface area contributed by atoms with Crippen LogP contribution < -0.4 is 14.8 Å². The standard InChI is InChI=1S/C15H22BrNO2/c1-15(2,3)9-12(17-4)10-7-13-14(8-11(10)16)19-6-5-18-13/h7-8,12,17H,5-6,9H2,1-4H3. The normalized spacial score (nSPS) is 16.3. The number of halogens is 1. The quantitative estimate of drug-likeness (QED) is 0.912. The predicted molar refractivity (Wildman–Crippen MR) is 81.0 cm³/mol. The Kier molecular flexibility index (Phi) is 4.41. The van der Waals surface area contributed by atoms with E-state index in [1.807, 2.05) is 13.1 Å². The van der Waals surface area contributed by atoms with Crippen molar-refractivity contribution in [2.24, 2.45) is 5.41 Å². The first-order valence-electron chi connectivity index (χ1n) is 6.67. The summed E-state index contributed by atoms with van der Waals surface area (Å²) in [5.41, 5.74) is 1.49. The van der Waals surface area contributed by atoms with Crippen molar-refractivity contribution in [2.75, 3.05) is 20.3 Å². The monoisotopic (exact) mass is 327 g/mol. The van der Waals surface area contributed by atoms with Crippen LogP contribution in [-0.4, -0.2) is 20.3 Å². The van der Waals surface area contributed by atoms with Crippen molar-refractivity contribution in [2.45, 2.75) is 33.2 Å². The first kappa shape index (κ1) is 14.7. The second-order valence-electron chi connectivity index (χ2n) is 6.12. The zero-order valence-electron chi connectivity index (χ0n) is 12.0. The molecule has 3 nitrogen and oxygen atoms in total. The molecule has 0 amide bonds. The van der Waals surface area contributed by atoms with Gasteiger partial charge in [0.05, 0.1) is 0 Å². The zero-order valence-corrected chi connectivity index (χ0v) is 13.6. The van der Waals surface area contributed by atoms with Crippen LogP contribution in [0.5, 0.6) is 11.5 Å². The number of ether oxygens (including phenoxy) is 2. The molecule has 0 saturated heterocycles. The number of benzene rings is 1. The predicted octanol–water partition coefficient (Wildman–Crippen LogP) is 3.92. The summed E-state index contributed by atoms with van der Waals surface area (Å²) in [6.45, 7) is 8.00. The average Bonchev–Trinajstić information content (AvgIpc) is 2.34. The highest BCUT2D eigenvalue weighted by Gasteiger charge is 2.23. The molecule has 0 aromatic heterocycles. The summed E-state index contributed by atoms with van der Waals surface area (Å²) in [6, 6.07) is 4.40. The van der Waals surface area contributed by atoms with Gasteiger partial charge in [0, 0.05) is 10.5 Å². The molecule has 2 rings (SSSR count). The van der Waals surface area contributed by atoms with Crippen molar-refractivity contribution in [3.63, 3.8) is 0 Å². The van der Waals surface area contributed by atoms with Gasteiger partial charge < -0.3 is 14.8 Å². The second kappa shape index (κ2) is 5.71. The van der Waals surface area contributed by atoms with Gasteiger partial charge in [0.25, 0.3) is 0 Å². The Morgan fingerprint density at radius 3 is 2.32 bits per heavy atom. The SMILES string of the molecule is CNC(CC(C)(C)C)c1cc2c(cc1Br)OCCO2. The fourth-order valence-corrected chi connectivity index (χ4v) is 2.93. The smallest absolute Gasteiger partial charge is 0.162 e. The third kappa shape index (κ3) is 3.63. The molecule has 0 radical (unpaired) electrons. The van der Waals surface area contributed by atoms with Crippen molar-refractivity contribution in [3.05, 3.63) is 22.2 Å². The fraction of sp³-hybridized carbons (Fsp3) is 0.600. The van der Waals surface area contributed by atoms with Crippen molar-refractivity contribution < 1.29 is 9.47 Å². The lowest BCUT2D eigenvalue weighted by Crippen LogP contribution is -2.23. The summed E-state index contributed by atoms with van der Waals surface area (Å²) in [7, 11) is 2.00. The van der Waals surface area contributed by atoms with E-state index in [1.165, 1.54) is 5.56 Å². The molecule has 1 aromatic carbocycles. The van der Waals surface area contributed by atoms with Gasteiger partial charge in [-0.1, -0.05) is 36.7 Å². The Morgan fingerprint density at radius 1 is 1.21 bits per heavy atom. The average molecular weight is 328 g/mol. The number of fused-ring (bicyclic) bond motifs is 1. The molecule has 1 atom stereocenters. The van der Waals surface area contributed by atoms with Gasteiger partial charge in [-0.25, -0.2) is 0 Å². The first-order valence-corrected chi connectivity index (χ1v) is 7.46. The Balaban J connectivity index is 2.32. The molecule has 1 N–H and O–H groups in total. The van der Waals surface area contributed by atoms with Crippen LogP contribution in [0, 0.1) is 5.41 Å². The maximum atomic E-state index is 5.67. The Morgan fingerprint density at radius 2 is 1.79 bits per heavy atom. The van der Waals surface area contributed by atoms with E-state index in [9.17, 15) is 0 Å². The lowest BCUT2D eigenvalue weighted by molar-refractivity contribution is 0.171. The molecule has 0 spiro atoms. The van der Waals surface area contributed by atoms with E-state index in [0.29, 0.717) is 19.3 Å². The fourth-order valence-electron chi connectivity index (χ4n) is 2.33. The van der Waals surface area contributed by atoms with Crippen LogP contribution in [0.4, 0.5) is 0 Å². The van der Waals surface area contributed by atoms with Gasteiger partial charge in [0.1, 0.15) is 13.2 Å². The largest absolute Gasteiger partial charge is 0.486 e. The molecule has 1 heterocycles. The van der Waals surface area contributed by atoms with E-state index >= 15 is 0 Å².